The van der Waals surface area contributed by atoms with Gasteiger partial charge in [-0.2, -0.15) is 0 Å². The van der Waals surface area contributed by atoms with Crippen molar-refractivity contribution in [3.8, 4) is 11.4 Å². The fourth-order valence-electron chi connectivity index (χ4n) is 2.17. The van der Waals surface area contributed by atoms with E-state index in [4.69, 9.17) is 17.4 Å². The molecule has 0 radical (unpaired) electrons. The number of halogens is 1. The lowest BCUT2D eigenvalue weighted by Crippen LogP contribution is -2.16. The third-order valence-electron chi connectivity index (χ3n) is 3.47. The maximum Gasteiger partial charge on any atom is 0.234 e. The molecular formula is C16H15ClN6OS. The van der Waals surface area contributed by atoms with Crippen molar-refractivity contribution in [2.45, 2.75) is 12.1 Å². The summed E-state index contributed by atoms with van der Waals surface area (Å²) in [5.41, 5.74) is 2.36. The molecule has 0 aliphatic carbocycles. The molecular weight excluding hydrogens is 360 g/mol. The zero-order chi connectivity index (χ0) is 17.8. The molecule has 3 aromatic rings. The largest absolute Gasteiger partial charge is 0.335 e. The first-order valence-corrected chi connectivity index (χ1v) is 8.71. The van der Waals surface area contributed by atoms with Gasteiger partial charge in [-0.15, -0.1) is 10.2 Å². The van der Waals surface area contributed by atoms with E-state index in [2.05, 4.69) is 20.5 Å². The molecule has 7 nitrogen and oxygen atoms in total. The average molecular weight is 375 g/mol. The zero-order valence-electron chi connectivity index (χ0n) is 13.3. The predicted molar refractivity (Wildman–Crippen MR) is 98.9 cm³/mol. The van der Waals surface area contributed by atoms with Gasteiger partial charge in [0.05, 0.1) is 5.75 Å². The van der Waals surface area contributed by atoms with Crippen LogP contribution in [-0.2, 0) is 4.79 Å². The molecule has 0 unspecified atom stereocenters. The molecule has 3 rings (SSSR count). The van der Waals surface area contributed by atoms with Crippen LogP contribution < -0.4 is 11.2 Å². The van der Waals surface area contributed by atoms with Gasteiger partial charge in [0.25, 0.3) is 0 Å². The van der Waals surface area contributed by atoms with Crippen LogP contribution in [0.3, 0.4) is 0 Å². The van der Waals surface area contributed by atoms with Crippen LogP contribution >= 0.6 is 23.4 Å². The second-order valence-corrected chi connectivity index (χ2v) is 6.51. The van der Waals surface area contributed by atoms with Crippen molar-refractivity contribution in [2.24, 2.45) is 0 Å². The minimum Gasteiger partial charge on any atom is -0.335 e. The molecule has 128 valence electrons. The van der Waals surface area contributed by atoms with Crippen molar-refractivity contribution >= 4 is 35.0 Å². The Kier molecular flexibility index (Phi) is 5.20. The second-order valence-electron chi connectivity index (χ2n) is 5.16. The van der Waals surface area contributed by atoms with E-state index in [0.29, 0.717) is 21.7 Å². The van der Waals surface area contributed by atoms with Crippen LogP contribution in [0.2, 0.25) is 5.02 Å². The molecule has 0 aliphatic heterocycles. The van der Waals surface area contributed by atoms with Crippen LogP contribution in [0.1, 0.15) is 5.56 Å². The quantitative estimate of drug-likeness (QED) is 0.526. The van der Waals surface area contributed by atoms with Crippen molar-refractivity contribution in [3.05, 3.63) is 53.3 Å². The van der Waals surface area contributed by atoms with Crippen LogP contribution in [0, 0.1) is 6.92 Å². The highest BCUT2D eigenvalue weighted by Gasteiger charge is 2.16. The molecule has 0 spiro atoms. The third-order valence-corrected chi connectivity index (χ3v) is 4.82. The molecule has 0 fully saturated rings. The van der Waals surface area contributed by atoms with Gasteiger partial charge >= 0.3 is 0 Å². The van der Waals surface area contributed by atoms with Crippen LogP contribution in [0.15, 0.2) is 47.9 Å². The first-order chi connectivity index (χ1) is 12.1. The number of nitrogen functional groups attached to an aromatic ring is 1. The number of benzene rings is 1. The number of carbonyl (C=O) groups excluding carboxylic acids is 1. The summed E-state index contributed by atoms with van der Waals surface area (Å²) in [6, 6.07) is 8.94. The maximum absolute atomic E-state index is 12.0. The summed E-state index contributed by atoms with van der Waals surface area (Å²) in [5.74, 6) is 6.57. The topological polar surface area (TPSA) is 98.7 Å². The van der Waals surface area contributed by atoms with Crippen LogP contribution in [0.5, 0.6) is 0 Å². The number of hydrogen-bond acceptors (Lipinski definition) is 6. The summed E-state index contributed by atoms with van der Waals surface area (Å²) in [5, 5.41) is 12.0. The summed E-state index contributed by atoms with van der Waals surface area (Å²) in [4.78, 5) is 15.9. The Morgan fingerprint density at radius 2 is 2.04 bits per heavy atom. The minimum atomic E-state index is -0.167. The van der Waals surface area contributed by atoms with Gasteiger partial charge in [0.2, 0.25) is 11.1 Å². The maximum atomic E-state index is 12.0. The van der Waals surface area contributed by atoms with Crippen molar-refractivity contribution < 1.29 is 4.79 Å². The lowest BCUT2D eigenvalue weighted by Gasteiger charge is -2.07. The van der Waals surface area contributed by atoms with Crippen LogP contribution in [-0.4, -0.2) is 31.5 Å². The van der Waals surface area contributed by atoms with E-state index in [9.17, 15) is 4.79 Å². The molecule has 2 aromatic heterocycles. The van der Waals surface area contributed by atoms with Crippen molar-refractivity contribution in [1.82, 2.24) is 19.9 Å². The van der Waals surface area contributed by atoms with Crippen molar-refractivity contribution in [1.29, 1.82) is 0 Å². The summed E-state index contributed by atoms with van der Waals surface area (Å²) >= 11 is 7.35. The molecule has 1 amide bonds. The average Bonchev–Trinajstić information content (AvgIpc) is 2.97. The van der Waals surface area contributed by atoms with E-state index >= 15 is 0 Å². The summed E-state index contributed by atoms with van der Waals surface area (Å²) < 4.78 is 1.36. The normalized spacial score (nSPS) is 10.6. The Balaban J connectivity index is 1.69. The number of aromatic nitrogens is 4. The van der Waals surface area contributed by atoms with Gasteiger partial charge in [-0.1, -0.05) is 35.5 Å². The van der Waals surface area contributed by atoms with E-state index in [-0.39, 0.29) is 11.7 Å². The first kappa shape index (κ1) is 17.2. The van der Waals surface area contributed by atoms with Gasteiger partial charge in [-0.3, -0.25) is 9.78 Å². The second kappa shape index (κ2) is 7.54. The number of rotatable bonds is 5. The number of hydrogen-bond donors (Lipinski definition) is 2. The smallest absolute Gasteiger partial charge is 0.234 e. The summed E-state index contributed by atoms with van der Waals surface area (Å²) in [7, 11) is 0. The summed E-state index contributed by atoms with van der Waals surface area (Å²) in [6.07, 6.45) is 3.22. The third kappa shape index (κ3) is 3.92. The van der Waals surface area contributed by atoms with E-state index in [1.807, 2.05) is 19.1 Å². The Morgan fingerprint density at radius 1 is 1.28 bits per heavy atom. The zero-order valence-corrected chi connectivity index (χ0v) is 14.9. The molecule has 0 saturated heterocycles. The summed E-state index contributed by atoms with van der Waals surface area (Å²) in [6.45, 7) is 1.89. The molecule has 0 bridgehead atoms. The molecule has 25 heavy (non-hydrogen) atoms. The SMILES string of the molecule is Cc1c(Cl)cccc1-c1nnc(SCC(=O)Nc2ccncc2)n1N. The molecule has 0 aliphatic rings. The van der Waals surface area contributed by atoms with Gasteiger partial charge < -0.3 is 11.2 Å². The number of thioether (sulfide) groups is 1. The first-order valence-electron chi connectivity index (χ1n) is 7.35. The van der Waals surface area contributed by atoms with E-state index < -0.39 is 0 Å². The van der Waals surface area contributed by atoms with Crippen LogP contribution in [0.25, 0.3) is 11.4 Å². The Hall–Kier alpha value is -2.58. The highest BCUT2D eigenvalue weighted by molar-refractivity contribution is 7.99. The number of nitrogens with one attached hydrogen (secondary N) is 1. The highest BCUT2D eigenvalue weighted by Crippen LogP contribution is 2.28. The lowest BCUT2D eigenvalue weighted by molar-refractivity contribution is -0.113. The minimum absolute atomic E-state index is 0.159. The molecule has 3 N–H and O–H groups in total. The van der Waals surface area contributed by atoms with Crippen molar-refractivity contribution in [2.75, 3.05) is 16.9 Å². The van der Waals surface area contributed by atoms with Gasteiger partial charge in [-0.05, 0) is 30.7 Å². The Bertz CT molecular complexity index is 899. The van der Waals surface area contributed by atoms with E-state index in [1.54, 1.807) is 30.6 Å². The number of anilines is 1. The Labute approximate surface area is 153 Å². The lowest BCUT2D eigenvalue weighted by atomic mass is 10.1. The number of nitrogens with zero attached hydrogens (tertiary/aromatic N) is 4. The fraction of sp³-hybridized carbons (Fsp3) is 0.125. The number of pyridine rings is 1. The molecule has 9 heteroatoms. The van der Waals surface area contributed by atoms with Crippen molar-refractivity contribution in [3.63, 3.8) is 0 Å². The van der Waals surface area contributed by atoms with Gasteiger partial charge in [0.1, 0.15) is 0 Å². The standard InChI is InChI=1S/C16H15ClN6OS/c1-10-12(3-2-4-13(10)17)15-21-22-16(23(15)18)25-9-14(24)20-11-5-7-19-8-6-11/h2-8H,9,18H2,1H3,(H,19,20,24). The van der Waals surface area contributed by atoms with Gasteiger partial charge in [0.15, 0.2) is 5.82 Å². The van der Waals surface area contributed by atoms with Gasteiger partial charge in [-0.25, -0.2) is 4.68 Å². The Morgan fingerprint density at radius 3 is 2.80 bits per heavy atom. The van der Waals surface area contributed by atoms with E-state index in [0.717, 1.165) is 11.1 Å². The monoisotopic (exact) mass is 374 g/mol. The molecule has 0 atom stereocenters. The molecule has 2 heterocycles. The van der Waals surface area contributed by atoms with Crippen LogP contribution in [0.4, 0.5) is 5.69 Å². The number of carbonyl (C=O) groups is 1. The predicted octanol–water partition coefficient (Wildman–Crippen LogP) is 2.75. The number of nitrogens with two attached hydrogens (primary N) is 1. The van der Waals surface area contributed by atoms with Gasteiger partial charge in [0, 0.05) is 28.7 Å². The highest BCUT2D eigenvalue weighted by atomic mass is 35.5. The molecule has 1 aromatic carbocycles. The molecule has 0 saturated carbocycles. The number of amides is 1. The van der Waals surface area contributed by atoms with E-state index in [1.165, 1.54) is 16.4 Å². The fourth-order valence-corrected chi connectivity index (χ4v) is 3.00.